The second-order valence-electron chi connectivity index (χ2n) is 10.1. The van der Waals surface area contributed by atoms with Gasteiger partial charge in [0.15, 0.2) is 0 Å². The summed E-state index contributed by atoms with van der Waals surface area (Å²) in [7, 11) is 0. The van der Waals surface area contributed by atoms with E-state index in [1.165, 1.54) is 49.8 Å². The highest BCUT2D eigenvalue weighted by Crippen LogP contribution is 2.31. The van der Waals surface area contributed by atoms with E-state index in [9.17, 15) is 9.90 Å². The first kappa shape index (κ1) is 27.7. The molecule has 0 radical (unpaired) electrons. The Morgan fingerprint density at radius 2 is 1.65 bits per heavy atom. The predicted octanol–water partition coefficient (Wildman–Crippen LogP) is 6.75. The van der Waals surface area contributed by atoms with Gasteiger partial charge in [0.25, 0.3) is 0 Å². The van der Waals surface area contributed by atoms with E-state index in [0.29, 0.717) is 0 Å². The molecule has 1 aliphatic heterocycles. The normalized spacial score (nSPS) is 20.1. The molecule has 1 N–H and O–H groups in total. The number of aliphatic hydroxyl groups excluding tert-OH is 1. The lowest BCUT2D eigenvalue weighted by atomic mass is 10.1. The largest absolute Gasteiger partial charge is 0.444 e. The van der Waals surface area contributed by atoms with Gasteiger partial charge < -0.3 is 14.6 Å². The minimum absolute atomic E-state index is 0.288. The van der Waals surface area contributed by atoms with Crippen LogP contribution in [0, 0.1) is 0 Å². The number of carbonyl (C=O) groups excluding carboxylic acids is 1. The smallest absolute Gasteiger partial charge is 0.413 e. The zero-order valence-electron chi connectivity index (χ0n) is 20.9. The number of nitrogens with zero attached hydrogens (tertiary/aromatic N) is 1. The van der Waals surface area contributed by atoms with E-state index in [1.54, 1.807) is 6.08 Å². The van der Waals surface area contributed by atoms with Crippen molar-refractivity contribution in [3.63, 3.8) is 0 Å². The molecular weight excluding hydrogens is 390 g/mol. The van der Waals surface area contributed by atoms with Crippen molar-refractivity contribution in [2.75, 3.05) is 6.61 Å². The van der Waals surface area contributed by atoms with Gasteiger partial charge in [-0.05, 0) is 60.3 Å². The standard InChI is InChI=1S/C26H47NO4/c1-7-8-9-10-11-12-13-14-15-16-17-18-19-20-23(28)22-21-30-26(5,6)27(22)24(29)31-25(2,3)4/h15-16,19-20,22-23,28H,7-14,17-18,21H2,1-6H3/b16-15-,20-19+/t22-,23+/m0/s1. The van der Waals surface area contributed by atoms with Crippen molar-refractivity contribution in [1.82, 2.24) is 4.90 Å². The number of amides is 1. The summed E-state index contributed by atoms with van der Waals surface area (Å²) < 4.78 is 11.3. The highest BCUT2D eigenvalue weighted by atomic mass is 16.6. The van der Waals surface area contributed by atoms with Gasteiger partial charge in [0, 0.05) is 0 Å². The van der Waals surface area contributed by atoms with Gasteiger partial charge in [-0.3, -0.25) is 4.90 Å². The van der Waals surface area contributed by atoms with Crippen LogP contribution >= 0.6 is 0 Å². The van der Waals surface area contributed by atoms with Crippen molar-refractivity contribution in [3.05, 3.63) is 24.3 Å². The van der Waals surface area contributed by atoms with Crippen LogP contribution in [0.5, 0.6) is 0 Å². The monoisotopic (exact) mass is 437 g/mol. The molecule has 1 heterocycles. The SMILES string of the molecule is CCCCCCCCC/C=C\CC/C=C/[C@@H](O)[C@@H]1COC(C)(C)N1C(=O)OC(C)(C)C. The van der Waals surface area contributed by atoms with E-state index in [-0.39, 0.29) is 6.61 Å². The highest BCUT2D eigenvalue weighted by molar-refractivity contribution is 5.70. The molecule has 5 heteroatoms. The Morgan fingerprint density at radius 1 is 1.06 bits per heavy atom. The molecule has 1 fully saturated rings. The van der Waals surface area contributed by atoms with Gasteiger partial charge in [0.1, 0.15) is 11.3 Å². The van der Waals surface area contributed by atoms with Gasteiger partial charge in [-0.1, -0.05) is 69.8 Å². The maximum absolute atomic E-state index is 12.7. The van der Waals surface area contributed by atoms with E-state index in [2.05, 4.69) is 19.1 Å². The number of rotatable bonds is 13. The molecular formula is C26H47NO4. The predicted molar refractivity (Wildman–Crippen MR) is 128 cm³/mol. The average molecular weight is 438 g/mol. The van der Waals surface area contributed by atoms with Gasteiger partial charge in [0.2, 0.25) is 0 Å². The van der Waals surface area contributed by atoms with Gasteiger partial charge in [-0.25, -0.2) is 4.79 Å². The van der Waals surface area contributed by atoms with Crippen LogP contribution in [0.3, 0.4) is 0 Å². The van der Waals surface area contributed by atoms with Crippen LogP contribution in [-0.2, 0) is 9.47 Å². The van der Waals surface area contributed by atoms with E-state index in [1.807, 2.05) is 40.7 Å². The molecule has 0 bridgehead atoms. The van der Waals surface area contributed by atoms with E-state index < -0.39 is 29.6 Å². The van der Waals surface area contributed by atoms with Crippen molar-refractivity contribution in [2.45, 2.75) is 129 Å². The number of ether oxygens (including phenoxy) is 2. The lowest BCUT2D eigenvalue weighted by molar-refractivity contribution is -0.0661. The maximum atomic E-state index is 12.7. The molecule has 1 saturated heterocycles. The van der Waals surface area contributed by atoms with Crippen LogP contribution in [0.25, 0.3) is 0 Å². The molecule has 0 spiro atoms. The molecule has 1 rings (SSSR count). The second kappa shape index (κ2) is 13.9. The zero-order chi connectivity index (χ0) is 23.3. The molecule has 0 aromatic heterocycles. The number of unbranched alkanes of at least 4 members (excludes halogenated alkanes) is 8. The molecule has 1 aliphatic rings. The third kappa shape index (κ3) is 11.2. The molecule has 180 valence electrons. The van der Waals surface area contributed by atoms with Crippen molar-refractivity contribution < 1.29 is 19.4 Å². The summed E-state index contributed by atoms with van der Waals surface area (Å²) in [4.78, 5) is 14.2. The fourth-order valence-corrected chi connectivity index (χ4v) is 3.76. The number of carbonyl (C=O) groups is 1. The number of hydrogen-bond acceptors (Lipinski definition) is 4. The van der Waals surface area contributed by atoms with Crippen LogP contribution < -0.4 is 0 Å². The van der Waals surface area contributed by atoms with Gasteiger partial charge in [0.05, 0.1) is 18.8 Å². The second-order valence-corrected chi connectivity index (χ2v) is 10.1. The Balaban J connectivity index is 2.33. The van der Waals surface area contributed by atoms with Gasteiger partial charge in [-0.2, -0.15) is 0 Å². The summed E-state index contributed by atoms with van der Waals surface area (Å²) in [5.74, 6) is 0. The number of allylic oxidation sites excluding steroid dienone is 3. The Labute approximate surface area is 190 Å². The first-order valence-corrected chi connectivity index (χ1v) is 12.2. The number of aliphatic hydroxyl groups is 1. The van der Waals surface area contributed by atoms with E-state index in [4.69, 9.17) is 9.47 Å². The summed E-state index contributed by atoms with van der Waals surface area (Å²) in [5, 5.41) is 10.6. The Bertz CT molecular complexity index is 562. The van der Waals surface area contributed by atoms with Gasteiger partial charge >= 0.3 is 6.09 Å². The summed E-state index contributed by atoms with van der Waals surface area (Å²) in [6.07, 6.45) is 19.4. The van der Waals surface area contributed by atoms with Crippen LogP contribution in [0.15, 0.2) is 24.3 Å². The third-order valence-electron chi connectivity index (χ3n) is 5.48. The van der Waals surface area contributed by atoms with Crippen LogP contribution in [0.2, 0.25) is 0 Å². The first-order chi connectivity index (χ1) is 14.6. The topological polar surface area (TPSA) is 59.0 Å². The average Bonchev–Trinajstić information content (AvgIpc) is 2.99. The summed E-state index contributed by atoms with van der Waals surface area (Å²) in [5.41, 5.74) is -1.40. The molecule has 0 saturated carbocycles. The Hall–Kier alpha value is -1.33. The molecule has 2 atom stereocenters. The molecule has 0 aromatic carbocycles. The fraction of sp³-hybridized carbons (Fsp3) is 0.808. The van der Waals surface area contributed by atoms with Crippen molar-refractivity contribution in [1.29, 1.82) is 0 Å². The molecule has 0 aromatic rings. The molecule has 1 amide bonds. The minimum atomic E-state index is -0.805. The van der Waals surface area contributed by atoms with Crippen molar-refractivity contribution in [3.8, 4) is 0 Å². The maximum Gasteiger partial charge on any atom is 0.413 e. The summed E-state index contributed by atoms with van der Waals surface area (Å²) >= 11 is 0. The van der Waals surface area contributed by atoms with Crippen LogP contribution in [0.4, 0.5) is 4.79 Å². The van der Waals surface area contributed by atoms with Gasteiger partial charge in [-0.15, -0.1) is 0 Å². The molecule has 0 unspecified atom stereocenters. The zero-order valence-corrected chi connectivity index (χ0v) is 20.9. The highest BCUT2D eigenvalue weighted by Gasteiger charge is 2.47. The first-order valence-electron chi connectivity index (χ1n) is 12.2. The third-order valence-corrected chi connectivity index (χ3v) is 5.48. The molecule has 31 heavy (non-hydrogen) atoms. The van der Waals surface area contributed by atoms with E-state index in [0.717, 1.165) is 19.3 Å². The fourth-order valence-electron chi connectivity index (χ4n) is 3.76. The Kier molecular flexibility index (Phi) is 12.5. The lowest BCUT2D eigenvalue weighted by Gasteiger charge is -2.36. The summed E-state index contributed by atoms with van der Waals surface area (Å²) in [6, 6.07) is -0.450. The van der Waals surface area contributed by atoms with Crippen molar-refractivity contribution in [2.24, 2.45) is 0 Å². The lowest BCUT2D eigenvalue weighted by Crippen LogP contribution is -2.53. The quantitative estimate of drug-likeness (QED) is 0.256. The van der Waals surface area contributed by atoms with Crippen LogP contribution in [0.1, 0.15) is 106 Å². The Morgan fingerprint density at radius 3 is 2.29 bits per heavy atom. The van der Waals surface area contributed by atoms with Crippen molar-refractivity contribution >= 4 is 6.09 Å². The molecule has 5 nitrogen and oxygen atoms in total. The van der Waals surface area contributed by atoms with E-state index >= 15 is 0 Å². The number of hydrogen-bond donors (Lipinski definition) is 1. The molecule has 0 aliphatic carbocycles. The van der Waals surface area contributed by atoms with Crippen LogP contribution in [-0.4, -0.2) is 46.2 Å². The summed E-state index contributed by atoms with van der Waals surface area (Å²) in [6.45, 7) is 11.7. The minimum Gasteiger partial charge on any atom is -0.444 e.